The van der Waals surface area contributed by atoms with Crippen LogP contribution in [0.5, 0.6) is 11.6 Å². The molecule has 0 unspecified atom stereocenters. The van der Waals surface area contributed by atoms with Crippen LogP contribution in [0.2, 0.25) is 10.0 Å². The molecule has 0 radical (unpaired) electrons. The van der Waals surface area contributed by atoms with Crippen molar-refractivity contribution < 1.29 is 17.9 Å². The van der Waals surface area contributed by atoms with Gasteiger partial charge in [-0.05, 0) is 56.9 Å². The van der Waals surface area contributed by atoms with Crippen molar-refractivity contribution in [3.63, 3.8) is 0 Å². The summed E-state index contributed by atoms with van der Waals surface area (Å²) in [5.74, 6) is 1.04. The molecule has 0 aliphatic heterocycles. The van der Waals surface area contributed by atoms with Crippen LogP contribution in [0.15, 0.2) is 36.5 Å². The first-order chi connectivity index (χ1) is 14.1. The smallest absolute Gasteiger partial charge is 0.417 e. The van der Waals surface area contributed by atoms with Crippen molar-refractivity contribution in [2.75, 3.05) is 0 Å². The van der Waals surface area contributed by atoms with E-state index in [0.717, 1.165) is 48.1 Å². The third kappa shape index (κ3) is 5.61. The molecule has 0 saturated carbocycles. The third-order valence-electron chi connectivity index (χ3n) is 4.35. The van der Waals surface area contributed by atoms with Gasteiger partial charge in [0.15, 0.2) is 0 Å². The summed E-state index contributed by atoms with van der Waals surface area (Å²) in [6.45, 7) is 3.68. The fourth-order valence-electron chi connectivity index (χ4n) is 2.90. The Labute approximate surface area is 182 Å². The number of hydrogen-bond acceptors (Lipinski definition) is 4. The summed E-state index contributed by atoms with van der Waals surface area (Å²) in [7, 11) is 0. The van der Waals surface area contributed by atoms with Gasteiger partial charge in [-0.15, -0.1) is 0 Å². The van der Waals surface area contributed by atoms with Crippen LogP contribution in [0.25, 0.3) is 0 Å². The molecule has 158 valence electrons. The van der Waals surface area contributed by atoms with Crippen LogP contribution in [0.4, 0.5) is 13.2 Å². The second kappa shape index (κ2) is 9.18. The summed E-state index contributed by atoms with van der Waals surface area (Å²) in [6.07, 6.45) is -1.46. The Bertz CT molecular complexity index is 1040. The Morgan fingerprint density at radius 1 is 1.00 bits per heavy atom. The Hall–Kier alpha value is -2.38. The zero-order valence-corrected chi connectivity index (χ0v) is 17.7. The molecular formula is C21H18Cl2F3N3O. The van der Waals surface area contributed by atoms with Crippen molar-refractivity contribution in [3.8, 4) is 11.6 Å². The van der Waals surface area contributed by atoms with Crippen molar-refractivity contribution in [1.29, 1.82) is 0 Å². The number of pyridine rings is 1. The zero-order valence-electron chi connectivity index (χ0n) is 16.2. The van der Waals surface area contributed by atoms with Gasteiger partial charge in [-0.2, -0.15) is 13.2 Å². The highest BCUT2D eigenvalue weighted by molar-refractivity contribution is 6.32. The van der Waals surface area contributed by atoms with E-state index in [4.69, 9.17) is 27.9 Å². The molecule has 9 heteroatoms. The van der Waals surface area contributed by atoms with Gasteiger partial charge in [-0.3, -0.25) is 0 Å². The second-order valence-corrected chi connectivity index (χ2v) is 7.51. The molecule has 0 saturated heterocycles. The summed E-state index contributed by atoms with van der Waals surface area (Å²) in [4.78, 5) is 12.3. The van der Waals surface area contributed by atoms with Gasteiger partial charge in [-0.25, -0.2) is 15.0 Å². The lowest BCUT2D eigenvalue weighted by Gasteiger charge is -2.10. The first kappa shape index (κ1) is 22.3. The normalized spacial score (nSPS) is 11.6. The zero-order chi connectivity index (χ0) is 21.9. The first-order valence-corrected chi connectivity index (χ1v) is 9.88. The largest absolute Gasteiger partial charge is 0.437 e. The topological polar surface area (TPSA) is 47.9 Å². The van der Waals surface area contributed by atoms with E-state index >= 15 is 0 Å². The Morgan fingerprint density at radius 2 is 1.77 bits per heavy atom. The van der Waals surface area contributed by atoms with E-state index < -0.39 is 11.7 Å². The monoisotopic (exact) mass is 455 g/mol. The molecule has 4 nitrogen and oxygen atoms in total. The van der Waals surface area contributed by atoms with Crippen LogP contribution in [0.1, 0.15) is 34.8 Å². The van der Waals surface area contributed by atoms with Crippen molar-refractivity contribution in [3.05, 3.63) is 74.9 Å². The predicted molar refractivity (Wildman–Crippen MR) is 109 cm³/mol. The van der Waals surface area contributed by atoms with Crippen LogP contribution < -0.4 is 4.74 Å². The SMILES string of the molecule is Cc1nc(C)c(Cl)c(CCCc2ccc(Oc3ccc(C(F)(F)F)cn3)c(Cl)c2)n1. The van der Waals surface area contributed by atoms with E-state index in [1.807, 2.05) is 19.9 Å². The Kier molecular flexibility index (Phi) is 6.83. The van der Waals surface area contributed by atoms with Gasteiger partial charge >= 0.3 is 6.18 Å². The fourth-order valence-corrected chi connectivity index (χ4v) is 3.32. The molecule has 30 heavy (non-hydrogen) atoms. The van der Waals surface area contributed by atoms with E-state index in [-0.39, 0.29) is 5.88 Å². The number of alkyl halides is 3. The van der Waals surface area contributed by atoms with Crippen LogP contribution in [0.3, 0.4) is 0 Å². The number of aryl methyl sites for hydroxylation is 4. The van der Waals surface area contributed by atoms with Crippen molar-refractivity contribution >= 4 is 23.2 Å². The highest BCUT2D eigenvalue weighted by Gasteiger charge is 2.30. The third-order valence-corrected chi connectivity index (χ3v) is 5.14. The van der Waals surface area contributed by atoms with Gasteiger partial charge in [0.1, 0.15) is 11.6 Å². The lowest BCUT2D eigenvalue weighted by molar-refractivity contribution is -0.137. The minimum Gasteiger partial charge on any atom is -0.437 e. The van der Waals surface area contributed by atoms with Gasteiger partial charge < -0.3 is 4.74 Å². The van der Waals surface area contributed by atoms with Crippen molar-refractivity contribution in [1.82, 2.24) is 15.0 Å². The maximum absolute atomic E-state index is 12.6. The minimum atomic E-state index is -4.45. The molecule has 0 aliphatic rings. The van der Waals surface area contributed by atoms with Crippen molar-refractivity contribution in [2.24, 2.45) is 0 Å². The summed E-state index contributed by atoms with van der Waals surface area (Å²) < 4.78 is 43.3. The van der Waals surface area contributed by atoms with Crippen LogP contribution in [0, 0.1) is 13.8 Å². The van der Waals surface area contributed by atoms with Crippen LogP contribution in [-0.2, 0) is 19.0 Å². The average molecular weight is 456 g/mol. The molecule has 3 rings (SSSR count). The van der Waals surface area contributed by atoms with E-state index in [0.29, 0.717) is 28.0 Å². The molecule has 0 atom stereocenters. The van der Waals surface area contributed by atoms with Crippen molar-refractivity contribution in [2.45, 2.75) is 39.3 Å². The maximum atomic E-state index is 12.6. The van der Waals surface area contributed by atoms with E-state index in [1.54, 1.807) is 12.1 Å². The van der Waals surface area contributed by atoms with Crippen LogP contribution >= 0.6 is 23.2 Å². The minimum absolute atomic E-state index is 0.0294. The maximum Gasteiger partial charge on any atom is 0.417 e. The van der Waals surface area contributed by atoms with Gasteiger partial charge in [-0.1, -0.05) is 29.3 Å². The van der Waals surface area contributed by atoms with E-state index in [2.05, 4.69) is 15.0 Å². The molecular weight excluding hydrogens is 438 g/mol. The lowest BCUT2D eigenvalue weighted by Crippen LogP contribution is -2.05. The molecule has 1 aromatic carbocycles. The molecule has 0 bridgehead atoms. The van der Waals surface area contributed by atoms with Gasteiger partial charge in [0.2, 0.25) is 5.88 Å². The Morgan fingerprint density at radius 3 is 2.40 bits per heavy atom. The molecule has 0 N–H and O–H groups in total. The first-order valence-electron chi connectivity index (χ1n) is 9.12. The fraction of sp³-hybridized carbons (Fsp3) is 0.286. The van der Waals surface area contributed by atoms with E-state index in [1.165, 1.54) is 0 Å². The summed E-state index contributed by atoms with van der Waals surface area (Å²) >= 11 is 12.5. The molecule has 2 heterocycles. The van der Waals surface area contributed by atoms with Gasteiger partial charge in [0.25, 0.3) is 0 Å². The standard InChI is InChI=1S/C21H18Cl2F3N3O/c1-12-20(23)17(29-13(2)28-12)5-3-4-14-6-8-18(16(22)10-14)30-19-9-7-15(11-27-19)21(24,25)26/h6-11H,3-5H2,1-2H3. The highest BCUT2D eigenvalue weighted by Crippen LogP contribution is 2.32. The molecule has 3 aromatic rings. The predicted octanol–water partition coefficient (Wildman–Crippen LogP) is 6.78. The second-order valence-electron chi connectivity index (χ2n) is 6.72. The summed E-state index contributed by atoms with van der Waals surface area (Å²) in [6, 6.07) is 7.35. The lowest BCUT2D eigenvalue weighted by atomic mass is 10.1. The Balaban J connectivity index is 1.61. The average Bonchev–Trinajstić information content (AvgIpc) is 2.67. The highest BCUT2D eigenvalue weighted by atomic mass is 35.5. The summed E-state index contributed by atoms with van der Waals surface area (Å²) in [5, 5.41) is 0.937. The molecule has 0 fully saturated rings. The molecule has 0 spiro atoms. The van der Waals surface area contributed by atoms with Gasteiger partial charge in [0.05, 0.1) is 27.0 Å². The summed E-state index contributed by atoms with van der Waals surface area (Å²) in [5.41, 5.74) is 1.73. The van der Waals surface area contributed by atoms with E-state index in [9.17, 15) is 13.2 Å². The number of rotatable bonds is 6. The molecule has 2 aromatic heterocycles. The van der Waals surface area contributed by atoms with Gasteiger partial charge in [0, 0.05) is 12.3 Å². The van der Waals surface area contributed by atoms with Crippen LogP contribution in [-0.4, -0.2) is 15.0 Å². The number of aromatic nitrogens is 3. The number of halogens is 5. The number of hydrogen-bond donors (Lipinski definition) is 0. The number of benzene rings is 1. The number of nitrogens with zero attached hydrogens (tertiary/aromatic N) is 3. The number of ether oxygens (including phenoxy) is 1. The molecule has 0 aliphatic carbocycles. The molecule has 0 amide bonds. The quantitative estimate of drug-likeness (QED) is 0.410.